The van der Waals surface area contributed by atoms with Crippen LogP contribution in [0.1, 0.15) is 32.6 Å². The van der Waals surface area contributed by atoms with Crippen LogP contribution in [0, 0.1) is 5.92 Å². The average molecular weight is 230 g/mol. The number of carbonyl (C=O) groups excluding carboxylic acids is 1. The number of Topliss-reactive ketones (excluding diaryl/α,β-unsaturated/α-hetero) is 1. The van der Waals surface area contributed by atoms with Gasteiger partial charge in [0.2, 0.25) is 0 Å². The number of carbonyl (C=O) groups is 1. The van der Waals surface area contributed by atoms with Gasteiger partial charge in [0.15, 0.2) is 0 Å². The number of hydrogen-bond acceptors (Lipinski definition) is 3. The second-order valence-corrected chi connectivity index (χ2v) is 6.99. The summed E-state index contributed by atoms with van der Waals surface area (Å²) in [6.45, 7) is 2.22. The molecule has 0 N–H and O–H groups in total. The molecule has 1 nitrogen and oxygen atoms in total. The Balaban J connectivity index is 1.94. The van der Waals surface area contributed by atoms with E-state index in [1.54, 1.807) is 0 Å². The fourth-order valence-corrected chi connectivity index (χ4v) is 5.19. The van der Waals surface area contributed by atoms with Gasteiger partial charge in [0.25, 0.3) is 0 Å². The first-order valence-corrected chi connectivity index (χ1v) is 7.65. The lowest BCUT2D eigenvalue weighted by atomic mass is 9.99. The largest absolute Gasteiger partial charge is 0.298 e. The van der Waals surface area contributed by atoms with Gasteiger partial charge >= 0.3 is 0 Å². The van der Waals surface area contributed by atoms with Crippen LogP contribution in [0.15, 0.2) is 0 Å². The van der Waals surface area contributed by atoms with E-state index in [4.69, 9.17) is 0 Å². The first-order valence-electron chi connectivity index (χ1n) is 5.56. The molecule has 1 aliphatic heterocycles. The van der Waals surface area contributed by atoms with Crippen LogP contribution in [0.2, 0.25) is 0 Å². The molecular weight excluding hydrogens is 212 g/mol. The molecule has 2 rings (SSSR count). The van der Waals surface area contributed by atoms with Crippen molar-refractivity contribution in [1.29, 1.82) is 0 Å². The Morgan fingerprint density at radius 3 is 2.43 bits per heavy atom. The van der Waals surface area contributed by atoms with Crippen molar-refractivity contribution in [1.82, 2.24) is 0 Å². The van der Waals surface area contributed by atoms with Gasteiger partial charge in [0.05, 0.1) is 5.25 Å². The zero-order valence-electron chi connectivity index (χ0n) is 8.70. The summed E-state index contributed by atoms with van der Waals surface area (Å²) >= 11 is 3.87. The highest BCUT2D eigenvalue weighted by Gasteiger charge is 2.34. The lowest BCUT2D eigenvalue weighted by molar-refractivity contribution is -0.122. The maximum Gasteiger partial charge on any atom is 0.149 e. The summed E-state index contributed by atoms with van der Waals surface area (Å²) in [5, 5.41) is 0.846. The molecule has 1 heterocycles. The van der Waals surface area contributed by atoms with Crippen LogP contribution in [-0.4, -0.2) is 27.8 Å². The normalized spacial score (nSPS) is 34.6. The lowest BCUT2D eigenvalue weighted by Gasteiger charge is -2.28. The maximum atomic E-state index is 12.2. The summed E-state index contributed by atoms with van der Waals surface area (Å²) < 4.78 is 0. The zero-order valence-corrected chi connectivity index (χ0v) is 10.3. The molecule has 0 aromatic carbocycles. The Labute approximate surface area is 94.8 Å². The Morgan fingerprint density at radius 2 is 1.79 bits per heavy atom. The minimum Gasteiger partial charge on any atom is -0.298 e. The molecule has 0 aromatic heterocycles. The van der Waals surface area contributed by atoms with Gasteiger partial charge < -0.3 is 0 Å². The standard InChI is InChI=1S/C11H18OS2/c1-8-11(14-7-6-13-8)10(12)9-4-2-3-5-9/h8-9,11H,2-7H2,1H3. The zero-order chi connectivity index (χ0) is 9.97. The van der Waals surface area contributed by atoms with Crippen LogP contribution < -0.4 is 0 Å². The van der Waals surface area contributed by atoms with Crippen LogP contribution in [0.25, 0.3) is 0 Å². The smallest absolute Gasteiger partial charge is 0.149 e. The lowest BCUT2D eigenvalue weighted by Crippen LogP contribution is -2.34. The highest BCUT2D eigenvalue weighted by atomic mass is 32.2. The van der Waals surface area contributed by atoms with Gasteiger partial charge in [-0.25, -0.2) is 0 Å². The minimum atomic E-state index is 0.303. The first kappa shape index (κ1) is 10.9. The third-order valence-corrected chi connectivity index (χ3v) is 6.33. The molecule has 3 heteroatoms. The van der Waals surface area contributed by atoms with Crippen molar-refractivity contribution in [2.45, 2.75) is 43.1 Å². The first-order chi connectivity index (χ1) is 6.79. The fraction of sp³-hybridized carbons (Fsp3) is 0.909. The van der Waals surface area contributed by atoms with Gasteiger partial charge in [-0.2, -0.15) is 11.8 Å². The van der Waals surface area contributed by atoms with Crippen molar-refractivity contribution in [3.63, 3.8) is 0 Å². The van der Waals surface area contributed by atoms with Crippen LogP contribution in [-0.2, 0) is 4.79 Å². The summed E-state index contributed by atoms with van der Waals surface area (Å²) in [4.78, 5) is 12.2. The van der Waals surface area contributed by atoms with Crippen molar-refractivity contribution in [2.75, 3.05) is 11.5 Å². The molecule has 2 fully saturated rings. The Kier molecular flexibility index (Phi) is 3.83. The van der Waals surface area contributed by atoms with Gasteiger partial charge in [-0.15, -0.1) is 11.8 Å². The highest BCUT2D eigenvalue weighted by molar-refractivity contribution is 8.07. The molecule has 0 bridgehead atoms. The summed E-state index contributed by atoms with van der Waals surface area (Å²) in [6.07, 6.45) is 4.87. The molecule has 14 heavy (non-hydrogen) atoms. The Bertz CT molecular complexity index is 211. The van der Waals surface area contributed by atoms with Gasteiger partial charge in [-0.05, 0) is 12.8 Å². The van der Waals surface area contributed by atoms with E-state index in [-0.39, 0.29) is 0 Å². The summed E-state index contributed by atoms with van der Waals surface area (Å²) in [7, 11) is 0. The monoisotopic (exact) mass is 230 g/mol. The predicted octanol–water partition coefficient (Wildman–Crippen LogP) is 2.98. The molecular formula is C11H18OS2. The van der Waals surface area contributed by atoms with Crippen LogP contribution in [0.3, 0.4) is 0 Å². The van der Waals surface area contributed by atoms with E-state index in [1.165, 1.54) is 18.6 Å². The van der Waals surface area contributed by atoms with E-state index in [9.17, 15) is 4.79 Å². The van der Waals surface area contributed by atoms with E-state index in [0.29, 0.717) is 22.2 Å². The molecule has 2 aliphatic rings. The van der Waals surface area contributed by atoms with Gasteiger partial charge in [-0.3, -0.25) is 4.79 Å². The Hall–Kier alpha value is 0.370. The minimum absolute atomic E-state index is 0.303. The molecule has 1 aliphatic carbocycles. The molecule has 2 unspecified atom stereocenters. The highest BCUT2D eigenvalue weighted by Crippen LogP contribution is 2.36. The molecule has 1 saturated carbocycles. The quantitative estimate of drug-likeness (QED) is 0.726. The predicted molar refractivity (Wildman–Crippen MR) is 65.1 cm³/mol. The SMILES string of the molecule is CC1SCCSC1C(=O)C1CCCC1. The third-order valence-electron chi connectivity index (χ3n) is 3.23. The molecule has 0 aromatic rings. The van der Waals surface area contributed by atoms with Crippen molar-refractivity contribution in [3.05, 3.63) is 0 Å². The summed E-state index contributed by atoms with van der Waals surface area (Å²) in [5.41, 5.74) is 0. The van der Waals surface area contributed by atoms with Crippen molar-refractivity contribution >= 4 is 29.3 Å². The second kappa shape index (κ2) is 4.93. The van der Waals surface area contributed by atoms with E-state index < -0.39 is 0 Å². The summed E-state index contributed by atoms with van der Waals surface area (Å²) in [6, 6.07) is 0. The molecule has 0 radical (unpaired) electrons. The van der Waals surface area contributed by atoms with Crippen LogP contribution >= 0.6 is 23.5 Å². The molecule has 80 valence electrons. The number of rotatable bonds is 2. The van der Waals surface area contributed by atoms with Gasteiger partial charge in [0, 0.05) is 22.7 Å². The van der Waals surface area contributed by atoms with Crippen LogP contribution in [0.5, 0.6) is 0 Å². The van der Waals surface area contributed by atoms with Gasteiger partial charge in [-0.1, -0.05) is 19.8 Å². The van der Waals surface area contributed by atoms with E-state index in [0.717, 1.165) is 18.6 Å². The number of ketones is 1. The topological polar surface area (TPSA) is 17.1 Å². The molecule has 0 amide bonds. The van der Waals surface area contributed by atoms with Crippen molar-refractivity contribution in [2.24, 2.45) is 5.92 Å². The van der Waals surface area contributed by atoms with Gasteiger partial charge in [0.1, 0.15) is 5.78 Å². The van der Waals surface area contributed by atoms with E-state index in [1.807, 2.05) is 23.5 Å². The van der Waals surface area contributed by atoms with Crippen molar-refractivity contribution in [3.8, 4) is 0 Å². The summed E-state index contributed by atoms with van der Waals surface area (Å²) in [5.74, 6) is 3.36. The fourth-order valence-electron chi connectivity index (χ4n) is 2.39. The molecule has 2 atom stereocenters. The maximum absolute atomic E-state index is 12.2. The van der Waals surface area contributed by atoms with Crippen LogP contribution in [0.4, 0.5) is 0 Å². The number of thioether (sulfide) groups is 2. The third kappa shape index (κ3) is 2.30. The van der Waals surface area contributed by atoms with E-state index in [2.05, 4.69) is 6.92 Å². The number of hydrogen-bond donors (Lipinski definition) is 0. The molecule has 1 saturated heterocycles. The second-order valence-electron chi connectivity index (χ2n) is 4.25. The van der Waals surface area contributed by atoms with E-state index >= 15 is 0 Å². The molecule has 0 spiro atoms. The Morgan fingerprint density at radius 1 is 1.14 bits per heavy atom. The van der Waals surface area contributed by atoms with Crippen molar-refractivity contribution < 1.29 is 4.79 Å². The average Bonchev–Trinajstić information content (AvgIpc) is 2.70.